The van der Waals surface area contributed by atoms with Gasteiger partial charge in [0, 0.05) is 6.42 Å². The van der Waals surface area contributed by atoms with Crippen LogP contribution in [-0.2, 0) is 20.2 Å². The lowest BCUT2D eigenvalue weighted by Crippen LogP contribution is -2.30. The first kappa shape index (κ1) is 12.7. The average molecular weight is 236 g/mol. The maximum Gasteiger partial charge on any atom is 0.292 e. The zero-order valence-electron chi connectivity index (χ0n) is 6.10. The third-order valence-corrected chi connectivity index (χ3v) is 2.85. The Labute approximate surface area is 74.3 Å². The van der Waals surface area contributed by atoms with Crippen molar-refractivity contribution in [3.05, 3.63) is 0 Å². The summed E-state index contributed by atoms with van der Waals surface area (Å²) in [6.45, 7) is 0. The molecular weight excluding hydrogens is 228 g/mol. The number of aliphatic hydroxyl groups excluding tert-OH is 2. The van der Waals surface area contributed by atoms with Gasteiger partial charge in [-0.1, -0.05) is 0 Å². The van der Waals surface area contributed by atoms with Crippen LogP contribution in [0.5, 0.6) is 0 Å². The van der Waals surface area contributed by atoms with Crippen molar-refractivity contribution in [2.24, 2.45) is 0 Å². The Bertz CT molecular complexity index is 315. The Kier molecular flexibility index (Phi) is 3.78. The molecule has 0 aliphatic heterocycles. The van der Waals surface area contributed by atoms with Crippen LogP contribution in [0.2, 0.25) is 0 Å². The average Bonchev–Trinajstić information content (AvgIpc) is 1.82. The molecule has 80 valence electrons. The second-order valence-corrected chi connectivity index (χ2v) is 5.32. The lowest BCUT2D eigenvalue weighted by Gasteiger charge is -2.10. The lowest BCUT2D eigenvalue weighted by molar-refractivity contribution is 0.152. The molecule has 13 heavy (non-hydrogen) atoms. The molecule has 0 aliphatic carbocycles. The summed E-state index contributed by atoms with van der Waals surface area (Å²) in [5, 5.41) is 17.1. The van der Waals surface area contributed by atoms with Gasteiger partial charge in [0.15, 0.2) is 10.9 Å². The van der Waals surface area contributed by atoms with E-state index in [1.54, 1.807) is 0 Å². The Morgan fingerprint density at radius 3 is 1.23 bits per heavy atom. The van der Waals surface area contributed by atoms with Crippen molar-refractivity contribution in [3.63, 3.8) is 0 Å². The summed E-state index contributed by atoms with van der Waals surface area (Å²) in [5.74, 6) is 0. The van der Waals surface area contributed by atoms with Gasteiger partial charge in [-0.3, -0.25) is 9.11 Å². The smallest absolute Gasteiger partial charge is 0.292 e. The number of aliphatic hydroxyl groups is 2. The Hall–Kier alpha value is -0.260. The van der Waals surface area contributed by atoms with Gasteiger partial charge >= 0.3 is 0 Å². The summed E-state index contributed by atoms with van der Waals surface area (Å²) in [7, 11) is -9.68. The Morgan fingerprint density at radius 2 is 1.08 bits per heavy atom. The van der Waals surface area contributed by atoms with Gasteiger partial charge in [-0.25, -0.2) is 0 Å². The highest BCUT2D eigenvalue weighted by Crippen LogP contribution is 2.08. The van der Waals surface area contributed by atoms with Gasteiger partial charge in [-0.2, -0.15) is 16.8 Å². The second-order valence-electron chi connectivity index (χ2n) is 2.17. The van der Waals surface area contributed by atoms with E-state index in [2.05, 4.69) is 0 Å². The minimum absolute atomic E-state index is 1.22. The molecule has 8 nitrogen and oxygen atoms in total. The fourth-order valence-electron chi connectivity index (χ4n) is 0.416. The summed E-state index contributed by atoms with van der Waals surface area (Å²) in [5.41, 5.74) is -4.91. The standard InChI is InChI=1S/C3H8O8S2/c4-2(12(6,7)8)1-3(5)13(9,10)11/h2-5H,1H2,(H,6,7,8)(H,9,10,11)/t2-,3-/m0/s1. The molecule has 10 heteroatoms. The lowest BCUT2D eigenvalue weighted by atomic mass is 10.5. The van der Waals surface area contributed by atoms with Crippen LogP contribution in [0.15, 0.2) is 0 Å². The van der Waals surface area contributed by atoms with E-state index < -0.39 is 37.5 Å². The second kappa shape index (κ2) is 3.86. The molecule has 0 aliphatic rings. The Morgan fingerprint density at radius 1 is 0.846 bits per heavy atom. The number of rotatable bonds is 4. The summed E-state index contributed by atoms with van der Waals surface area (Å²) >= 11 is 0. The first-order chi connectivity index (χ1) is 5.55. The molecule has 4 N–H and O–H groups in total. The molecule has 0 heterocycles. The minimum Gasteiger partial charge on any atom is -0.375 e. The molecule has 0 amide bonds. The van der Waals surface area contributed by atoms with Crippen molar-refractivity contribution in [2.45, 2.75) is 17.3 Å². The Balaban J connectivity index is 4.50. The van der Waals surface area contributed by atoms with Crippen LogP contribution in [0, 0.1) is 0 Å². The van der Waals surface area contributed by atoms with Gasteiger partial charge in [0.1, 0.15) is 0 Å². The maximum atomic E-state index is 10.1. The van der Waals surface area contributed by atoms with E-state index in [1.807, 2.05) is 0 Å². The van der Waals surface area contributed by atoms with E-state index >= 15 is 0 Å². The van der Waals surface area contributed by atoms with E-state index in [-0.39, 0.29) is 0 Å². The van der Waals surface area contributed by atoms with Crippen molar-refractivity contribution in [3.8, 4) is 0 Å². The zero-order valence-corrected chi connectivity index (χ0v) is 7.73. The van der Waals surface area contributed by atoms with Crippen molar-refractivity contribution < 1.29 is 36.2 Å². The summed E-state index contributed by atoms with van der Waals surface area (Å²) in [6, 6.07) is 0. The van der Waals surface area contributed by atoms with E-state index in [0.29, 0.717) is 0 Å². The predicted molar refractivity (Wildman–Crippen MR) is 39.7 cm³/mol. The molecule has 0 aromatic carbocycles. The van der Waals surface area contributed by atoms with Gasteiger partial charge in [-0.05, 0) is 0 Å². The highest BCUT2D eigenvalue weighted by Gasteiger charge is 2.29. The fourth-order valence-corrected chi connectivity index (χ4v) is 1.39. The van der Waals surface area contributed by atoms with Gasteiger partial charge in [0.25, 0.3) is 20.2 Å². The fraction of sp³-hybridized carbons (Fsp3) is 1.00. The molecule has 2 atom stereocenters. The summed E-state index contributed by atoms with van der Waals surface area (Å²) < 4.78 is 56.7. The van der Waals surface area contributed by atoms with E-state index in [4.69, 9.17) is 19.3 Å². The third kappa shape index (κ3) is 4.50. The first-order valence-corrected chi connectivity index (χ1v) is 5.84. The maximum absolute atomic E-state index is 10.1. The van der Waals surface area contributed by atoms with Crippen LogP contribution in [-0.4, -0.2) is 47.0 Å². The summed E-state index contributed by atoms with van der Waals surface area (Å²) in [4.78, 5) is 0. The van der Waals surface area contributed by atoms with Gasteiger partial charge in [0.2, 0.25) is 0 Å². The van der Waals surface area contributed by atoms with Crippen LogP contribution in [0.1, 0.15) is 6.42 Å². The molecular formula is C3H8O8S2. The van der Waals surface area contributed by atoms with Crippen molar-refractivity contribution in [1.29, 1.82) is 0 Å². The van der Waals surface area contributed by atoms with Gasteiger partial charge in [0.05, 0.1) is 0 Å². The molecule has 0 radical (unpaired) electrons. The minimum atomic E-state index is -4.84. The van der Waals surface area contributed by atoms with Gasteiger partial charge in [-0.15, -0.1) is 0 Å². The molecule has 0 saturated heterocycles. The zero-order chi connectivity index (χ0) is 10.9. The molecule has 0 rings (SSSR count). The normalized spacial score (nSPS) is 18.2. The van der Waals surface area contributed by atoms with E-state index in [9.17, 15) is 16.8 Å². The topological polar surface area (TPSA) is 149 Å². The number of hydrogen-bond donors (Lipinski definition) is 4. The molecule has 0 fully saturated rings. The molecule has 0 bridgehead atoms. The van der Waals surface area contributed by atoms with Crippen molar-refractivity contribution >= 4 is 20.2 Å². The highest BCUT2D eigenvalue weighted by atomic mass is 32.2. The van der Waals surface area contributed by atoms with Crippen molar-refractivity contribution in [2.75, 3.05) is 0 Å². The largest absolute Gasteiger partial charge is 0.375 e. The van der Waals surface area contributed by atoms with Crippen LogP contribution in [0.3, 0.4) is 0 Å². The van der Waals surface area contributed by atoms with Crippen molar-refractivity contribution in [1.82, 2.24) is 0 Å². The molecule has 0 aromatic heterocycles. The summed E-state index contributed by atoms with van der Waals surface area (Å²) in [6.07, 6.45) is -1.22. The monoisotopic (exact) mass is 236 g/mol. The van der Waals surface area contributed by atoms with E-state index in [1.165, 1.54) is 0 Å². The highest BCUT2D eigenvalue weighted by molar-refractivity contribution is 7.87. The van der Waals surface area contributed by atoms with Crippen LogP contribution < -0.4 is 0 Å². The van der Waals surface area contributed by atoms with Crippen LogP contribution in [0.4, 0.5) is 0 Å². The van der Waals surface area contributed by atoms with E-state index in [0.717, 1.165) is 0 Å². The SMILES string of the molecule is O=S(=O)(O)[C@H](O)C[C@@H](O)S(=O)(=O)O. The van der Waals surface area contributed by atoms with Crippen LogP contribution >= 0.6 is 0 Å². The van der Waals surface area contributed by atoms with Crippen LogP contribution in [0.25, 0.3) is 0 Å². The first-order valence-electron chi connectivity index (χ1n) is 2.84. The van der Waals surface area contributed by atoms with Gasteiger partial charge < -0.3 is 10.2 Å². The third-order valence-electron chi connectivity index (χ3n) is 1.09. The molecule has 0 saturated carbocycles. The number of hydrogen-bond acceptors (Lipinski definition) is 6. The predicted octanol–water partition coefficient (Wildman–Crippen LogP) is -2.21. The molecule has 0 unspecified atom stereocenters. The molecule has 0 aromatic rings. The quantitative estimate of drug-likeness (QED) is 0.401. The molecule has 0 spiro atoms.